The lowest BCUT2D eigenvalue weighted by molar-refractivity contribution is 0.141. The molecule has 1 aliphatic rings. The first-order chi connectivity index (χ1) is 13.2. The number of aromatic nitrogens is 1. The molecule has 3 rings (SSSR count). The Hall–Kier alpha value is -1.92. The van der Waals surface area contributed by atoms with Gasteiger partial charge >= 0.3 is 0 Å². The van der Waals surface area contributed by atoms with E-state index in [0.717, 1.165) is 42.7 Å². The number of nitrogens with zero attached hydrogens (tertiary/aromatic N) is 3. The van der Waals surface area contributed by atoms with Crippen molar-refractivity contribution < 1.29 is 0 Å². The van der Waals surface area contributed by atoms with Gasteiger partial charge in [-0.25, -0.2) is 4.98 Å². The van der Waals surface area contributed by atoms with Crippen molar-refractivity contribution in [3.63, 3.8) is 0 Å². The number of likely N-dealkylation sites (tertiary alicyclic amines) is 1. The first-order valence-corrected chi connectivity index (χ1v) is 10.8. The van der Waals surface area contributed by atoms with Gasteiger partial charge in [-0.1, -0.05) is 36.8 Å². The molecular formula is C21H31N5S. The molecule has 1 aliphatic heterocycles. The second-order valence-electron chi connectivity index (χ2n) is 7.09. The van der Waals surface area contributed by atoms with E-state index in [4.69, 9.17) is 0 Å². The second kappa shape index (κ2) is 10.4. The Balaban J connectivity index is 1.45. The molecule has 0 bridgehead atoms. The van der Waals surface area contributed by atoms with E-state index in [1.54, 1.807) is 11.3 Å². The van der Waals surface area contributed by atoms with Crippen LogP contribution in [0.15, 0.2) is 40.7 Å². The highest BCUT2D eigenvalue weighted by atomic mass is 32.1. The highest BCUT2D eigenvalue weighted by Crippen LogP contribution is 2.19. The third kappa shape index (κ3) is 6.33. The lowest BCUT2D eigenvalue weighted by Crippen LogP contribution is -2.49. The number of thiazole rings is 1. The summed E-state index contributed by atoms with van der Waals surface area (Å²) in [4.78, 5) is 11.5. The SMILES string of the molecule is CN=C(NCCc1csc(C)n1)NCC1CCCCN1Cc1ccccc1. The summed E-state index contributed by atoms with van der Waals surface area (Å²) in [5.74, 6) is 0.882. The van der Waals surface area contributed by atoms with Gasteiger partial charge in [0.1, 0.15) is 0 Å². The van der Waals surface area contributed by atoms with Gasteiger partial charge in [-0.15, -0.1) is 11.3 Å². The lowest BCUT2D eigenvalue weighted by atomic mass is 10.0. The lowest BCUT2D eigenvalue weighted by Gasteiger charge is -2.36. The van der Waals surface area contributed by atoms with E-state index in [-0.39, 0.29) is 0 Å². The Kier molecular flexibility index (Phi) is 7.66. The van der Waals surface area contributed by atoms with Crippen molar-refractivity contribution in [2.75, 3.05) is 26.7 Å². The third-order valence-electron chi connectivity index (χ3n) is 5.05. The van der Waals surface area contributed by atoms with Gasteiger partial charge in [-0.2, -0.15) is 0 Å². The van der Waals surface area contributed by atoms with Crippen molar-refractivity contribution >= 4 is 17.3 Å². The minimum Gasteiger partial charge on any atom is -0.356 e. The van der Waals surface area contributed by atoms with Gasteiger partial charge in [-0.3, -0.25) is 9.89 Å². The molecule has 1 fully saturated rings. The maximum atomic E-state index is 4.51. The van der Waals surface area contributed by atoms with E-state index in [1.165, 1.54) is 31.4 Å². The van der Waals surface area contributed by atoms with Gasteiger partial charge < -0.3 is 10.6 Å². The van der Waals surface area contributed by atoms with Crippen molar-refractivity contribution in [2.24, 2.45) is 4.99 Å². The molecule has 1 unspecified atom stereocenters. The first-order valence-electron chi connectivity index (χ1n) is 9.88. The smallest absolute Gasteiger partial charge is 0.191 e. The molecule has 27 heavy (non-hydrogen) atoms. The monoisotopic (exact) mass is 385 g/mol. The number of guanidine groups is 1. The predicted molar refractivity (Wildman–Crippen MR) is 114 cm³/mol. The molecule has 1 aromatic heterocycles. The first kappa shape index (κ1) is 19.8. The molecule has 2 N–H and O–H groups in total. The minimum atomic E-state index is 0.554. The Bertz CT molecular complexity index is 712. The summed E-state index contributed by atoms with van der Waals surface area (Å²) in [5, 5.41) is 10.2. The molecule has 0 amide bonds. The van der Waals surface area contributed by atoms with Gasteiger partial charge in [0.05, 0.1) is 10.7 Å². The van der Waals surface area contributed by atoms with Crippen LogP contribution in [0.3, 0.4) is 0 Å². The zero-order chi connectivity index (χ0) is 18.9. The zero-order valence-electron chi connectivity index (χ0n) is 16.4. The highest BCUT2D eigenvalue weighted by Gasteiger charge is 2.22. The highest BCUT2D eigenvalue weighted by molar-refractivity contribution is 7.09. The van der Waals surface area contributed by atoms with Crippen molar-refractivity contribution in [3.05, 3.63) is 52.0 Å². The van der Waals surface area contributed by atoms with Gasteiger partial charge in [-0.05, 0) is 31.9 Å². The van der Waals surface area contributed by atoms with Crippen LogP contribution in [0.5, 0.6) is 0 Å². The van der Waals surface area contributed by atoms with Crippen LogP contribution in [0.2, 0.25) is 0 Å². The fourth-order valence-electron chi connectivity index (χ4n) is 3.58. The number of rotatable bonds is 7. The largest absolute Gasteiger partial charge is 0.356 e. The van der Waals surface area contributed by atoms with Crippen molar-refractivity contribution in [2.45, 2.75) is 45.2 Å². The van der Waals surface area contributed by atoms with Crippen molar-refractivity contribution in [3.8, 4) is 0 Å². The van der Waals surface area contributed by atoms with Crippen LogP contribution in [0.25, 0.3) is 0 Å². The molecule has 1 saturated heterocycles. The summed E-state index contributed by atoms with van der Waals surface area (Å²) in [6, 6.07) is 11.3. The van der Waals surface area contributed by atoms with Crippen LogP contribution >= 0.6 is 11.3 Å². The molecule has 6 heteroatoms. The fraction of sp³-hybridized carbons (Fsp3) is 0.524. The number of hydrogen-bond acceptors (Lipinski definition) is 4. The number of hydrogen-bond donors (Lipinski definition) is 2. The molecule has 2 aromatic rings. The molecule has 5 nitrogen and oxygen atoms in total. The van der Waals surface area contributed by atoms with Crippen LogP contribution in [0, 0.1) is 6.92 Å². The summed E-state index contributed by atoms with van der Waals surface area (Å²) in [7, 11) is 1.84. The Morgan fingerprint density at radius 2 is 2.11 bits per heavy atom. The Labute approximate surface area is 166 Å². The molecule has 0 aliphatic carbocycles. The van der Waals surface area contributed by atoms with Crippen LogP contribution in [-0.4, -0.2) is 48.6 Å². The average Bonchev–Trinajstić information content (AvgIpc) is 3.11. The quantitative estimate of drug-likeness (QED) is 0.568. The number of piperidine rings is 1. The summed E-state index contributed by atoms with van der Waals surface area (Å²) in [6.07, 6.45) is 4.78. The molecular weight excluding hydrogens is 354 g/mol. The zero-order valence-corrected chi connectivity index (χ0v) is 17.3. The maximum Gasteiger partial charge on any atom is 0.191 e. The van der Waals surface area contributed by atoms with E-state index in [9.17, 15) is 0 Å². The van der Waals surface area contributed by atoms with E-state index in [2.05, 4.69) is 61.2 Å². The van der Waals surface area contributed by atoms with Gasteiger partial charge in [0, 0.05) is 44.5 Å². The van der Waals surface area contributed by atoms with Gasteiger partial charge in [0.15, 0.2) is 5.96 Å². The van der Waals surface area contributed by atoms with E-state index < -0.39 is 0 Å². The van der Waals surface area contributed by atoms with Crippen molar-refractivity contribution in [1.82, 2.24) is 20.5 Å². The maximum absolute atomic E-state index is 4.51. The van der Waals surface area contributed by atoms with Crippen molar-refractivity contribution in [1.29, 1.82) is 0 Å². The molecule has 1 aromatic carbocycles. The third-order valence-corrected chi connectivity index (χ3v) is 5.87. The number of benzene rings is 1. The molecule has 146 valence electrons. The molecule has 0 spiro atoms. The van der Waals surface area contributed by atoms with Crippen LogP contribution in [0.1, 0.15) is 35.5 Å². The summed E-state index contributed by atoms with van der Waals surface area (Å²) >= 11 is 1.71. The minimum absolute atomic E-state index is 0.554. The van der Waals surface area contributed by atoms with E-state index in [0.29, 0.717) is 6.04 Å². The summed E-state index contributed by atoms with van der Waals surface area (Å²) in [6.45, 7) is 6.04. The molecule has 0 radical (unpaired) electrons. The fourth-order valence-corrected chi connectivity index (χ4v) is 4.23. The number of aryl methyl sites for hydroxylation is 1. The summed E-state index contributed by atoms with van der Waals surface area (Å²) in [5.41, 5.74) is 2.55. The summed E-state index contributed by atoms with van der Waals surface area (Å²) < 4.78 is 0. The Morgan fingerprint density at radius 3 is 2.85 bits per heavy atom. The van der Waals surface area contributed by atoms with E-state index >= 15 is 0 Å². The Morgan fingerprint density at radius 1 is 1.26 bits per heavy atom. The number of nitrogens with one attached hydrogen (secondary N) is 2. The standard InChI is InChI=1S/C21H31N5S/c1-17-25-19(16-27-17)11-12-23-21(22-2)24-14-20-10-6-7-13-26(20)15-18-8-4-3-5-9-18/h3-5,8-9,16,20H,6-7,10-15H2,1-2H3,(H2,22,23,24). The normalized spacial score (nSPS) is 18.4. The molecule has 2 heterocycles. The molecule has 0 saturated carbocycles. The average molecular weight is 386 g/mol. The van der Waals surface area contributed by atoms with E-state index in [1.807, 2.05) is 14.0 Å². The van der Waals surface area contributed by atoms with Gasteiger partial charge in [0.2, 0.25) is 0 Å². The predicted octanol–water partition coefficient (Wildman–Crippen LogP) is 3.21. The topological polar surface area (TPSA) is 52.6 Å². The van der Waals surface area contributed by atoms with Gasteiger partial charge in [0.25, 0.3) is 0 Å². The second-order valence-corrected chi connectivity index (χ2v) is 8.16. The van der Waals surface area contributed by atoms with Crippen LogP contribution < -0.4 is 10.6 Å². The number of aliphatic imine (C=N–C) groups is 1. The van der Waals surface area contributed by atoms with Crippen LogP contribution in [-0.2, 0) is 13.0 Å². The molecule has 1 atom stereocenters. The van der Waals surface area contributed by atoms with Crippen LogP contribution in [0.4, 0.5) is 0 Å².